The van der Waals surface area contributed by atoms with Gasteiger partial charge in [0.15, 0.2) is 0 Å². The molecule has 1 amide bonds. The average molecular weight is 371 g/mol. The van der Waals surface area contributed by atoms with Crippen LogP contribution in [0.3, 0.4) is 0 Å². The lowest BCUT2D eigenvalue weighted by atomic mass is 10.1. The van der Waals surface area contributed by atoms with Crippen LogP contribution in [-0.2, 0) is 13.1 Å². The summed E-state index contributed by atoms with van der Waals surface area (Å²) in [7, 11) is 1.64. The van der Waals surface area contributed by atoms with Crippen LogP contribution in [0, 0.1) is 6.92 Å². The van der Waals surface area contributed by atoms with E-state index < -0.39 is 0 Å². The van der Waals surface area contributed by atoms with E-state index in [0.29, 0.717) is 18.0 Å². The van der Waals surface area contributed by atoms with E-state index in [2.05, 4.69) is 9.88 Å². The predicted molar refractivity (Wildman–Crippen MR) is 106 cm³/mol. The summed E-state index contributed by atoms with van der Waals surface area (Å²) in [6, 6.07) is 13.8. The van der Waals surface area contributed by atoms with Crippen LogP contribution in [0.15, 0.2) is 48.7 Å². The maximum absolute atomic E-state index is 12.8. The quantitative estimate of drug-likeness (QED) is 0.621. The van der Waals surface area contributed by atoms with Crippen molar-refractivity contribution in [3.8, 4) is 5.75 Å². The molecule has 1 N–H and O–H groups in total. The number of carbonyl (C=O) groups excluding carboxylic acids is 1. The van der Waals surface area contributed by atoms with Gasteiger partial charge in [-0.2, -0.15) is 0 Å². The zero-order chi connectivity index (χ0) is 18.5. The summed E-state index contributed by atoms with van der Waals surface area (Å²) in [6.45, 7) is 3.29. The minimum Gasteiger partial charge on any atom is -0.495 e. The molecule has 3 aromatic rings. The van der Waals surface area contributed by atoms with E-state index in [1.54, 1.807) is 7.11 Å². The topological polar surface area (TPSA) is 43.3 Å². The molecule has 0 saturated carbocycles. The summed E-state index contributed by atoms with van der Waals surface area (Å²) in [5, 5.41) is 3.93. The van der Waals surface area contributed by atoms with Crippen LogP contribution in [-0.4, -0.2) is 23.5 Å². The highest BCUT2D eigenvalue weighted by Crippen LogP contribution is 2.30. The van der Waals surface area contributed by atoms with Crippen molar-refractivity contribution in [2.45, 2.75) is 26.4 Å². The lowest BCUT2D eigenvalue weighted by Crippen LogP contribution is -2.23. The molecule has 0 atom stereocenters. The van der Waals surface area contributed by atoms with E-state index in [1.165, 1.54) is 5.56 Å². The lowest BCUT2D eigenvalue weighted by Gasteiger charge is -2.08. The van der Waals surface area contributed by atoms with Crippen molar-refractivity contribution in [3.63, 3.8) is 0 Å². The van der Waals surface area contributed by atoms with Crippen molar-refractivity contribution >= 4 is 28.4 Å². The summed E-state index contributed by atoms with van der Waals surface area (Å²) < 4.78 is 7.56. The molecule has 5 heteroatoms. The average Bonchev–Trinajstić information content (AvgIpc) is 3.04. The molecule has 4 nitrogen and oxygen atoms in total. The Balaban J connectivity index is 1.91. The number of nitrogens with zero attached hydrogens (tertiary/aromatic N) is 1. The van der Waals surface area contributed by atoms with Gasteiger partial charge in [0.1, 0.15) is 5.75 Å². The molecule has 2 aromatic carbocycles. The Labute approximate surface area is 158 Å². The van der Waals surface area contributed by atoms with Crippen molar-refractivity contribution in [1.29, 1.82) is 0 Å². The second-order valence-electron chi connectivity index (χ2n) is 6.24. The third-order valence-corrected chi connectivity index (χ3v) is 4.83. The lowest BCUT2D eigenvalue weighted by molar-refractivity contribution is 0.0952. The van der Waals surface area contributed by atoms with Crippen LogP contribution in [0.4, 0.5) is 0 Å². The molecule has 0 unspecified atom stereocenters. The normalized spacial score (nSPS) is 10.9. The number of benzene rings is 2. The van der Waals surface area contributed by atoms with Gasteiger partial charge < -0.3 is 14.6 Å². The van der Waals surface area contributed by atoms with Crippen LogP contribution in [0.1, 0.15) is 27.9 Å². The fourth-order valence-electron chi connectivity index (χ4n) is 3.16. The van der Waals surface area contributed by atoms with Gasteiger partial charge in [-0.15, -0.1) is 11.6 Å². The number of alkyl halides is 1. The third-order valence-electron chi connectivity index (χ3n) is 4.56. The van der Waals surface area contributed by atoms with Crippen LogP contribution in [0.5, 0.6) is 5.75 Å². The van der Waals surface area contributed by atoms with E-state index in [9.17, 15) is 4.79 Å². The number of para-hydroxylation sites is 1. The number of methoxy groups -OCH3 is 1. The highest BCUT2D eigenvalue weighted by atomic mass is 35.5. The van der Waals surface area contributed by atoms with Gasteiger partial charge in [0, 0.05) is 30.6 Å². The number of halogens is 1. The molecule has 0 saturated heterocycles. The Hall–Kier alpha value is -2.46. The minimum absolute atomic E-state index is 0.0869. The molecule has 0 aliphatic heterocycles. The van der Waals surface area contributed by atoms with Crippen LogP contribution in [0.25, 0.3) is 10.9 Å². The largest absolute Gasteiger partial charge is 0.495 e. The third kappa shape index (κ3) is 3.70. The Morgan fingerprint density at radius 1 is 1.19 bits per heavy atom. The molecule has 1 aromatic heterocycles. The number of fused-ring (bicyclic) bond motifs is 1. The first-order valence-electron chi connectivity index (χ1n) is 8.70. The molecule has 3 rings (SSSR count). The van der Waals surface area contributed by atoms with Gasteiger partial charge in [0.25, 0.3) is 5.91 Å². The number of aromatic nitrogens is 1. The van der Waals surface area contributed by atoms with E-state index >= 15 is 0 Å². The van der Waals surface area contributed by atoms with E-state index in [1.807, 2.05) is 55.6 Å². The number of ether oxygens (including phenoxy) is 1. The molecule has 0 spiro atoms. The number of aryl methyl sites for hydroxylation is 2. The van der Waals surface area contributed by atoms with E-state index in [0.717, 1.165) is 35.2 Å². The maximum Gasteiger partial charge on any atom is 0.253 e. The Morgan fingerprint density at radius 2 is 2.00 bits per heavy atom. The van der Waals surface area contributed by atoms with Crippen LogP contribution in [0.2, 0.25) is 0 Å². The molecule has 136 valence electrons. The maximum atomic E-state index is 12.8. The number of hydrogen-bond donors (Lipinski definition) is 1. The fraction of sp³-hybridized carbons (Fsp3) is 0.286. The van der Waals surface area contributed by atoms with Crippen molar-refractivity contribution in [3.05, 3.63) is 65.4 Å². The Morgan fingerprint density at radius 3 is 2.73 bits per heavy atom. The molecule has 0 bridgehead atoms. The SMILES string of the molecule is COc1cccc2c(C(=O)NCc3ccccc3C)cn(CCCCl)c12. The summed E-state index contributed by atoms with van der Waals surface area (Å²) in [5.41, 5.74) is 3.87. The first kappa shape index (κ1) is 18.3. The molecule has 0 fully saturated rings. The summed E-state index contributed by atoms with van der Waals surface area (Å²) in [6.07, 6.45) is 2.72. The molecular formula is C21H23ClN2O2. The Bertz CT molecular complexity index is 918. The number of amides is 1. The van der Waals surface area contributed by atoms with Crippen molar-refractivity contribution < 1.29 is 9.53 Å². The number of rotatable bonds is 7. The van der Waals surface area contributed by atoms with Gasteiger partial charge in [-0.05, 0) is 30.5 Å². The first-order chi connectivity index (χ1) is 12.7. The standard InChI is InChI=1S/C21H23ClN2O2/c1-15-7-3-4-8-16(15)13-23-21(25)18-14-24(12-6-11-22)20-17(18)9-5-10-19(20)26-2/h3-5,7-10,14H,6,11-13H2,1-2H3,(H,23,25). The van der Waals surface area contributed by atoms with Gasteiger partial charge in [0.2, 0.25) is 0 Å². The highest BCUT2D eigenvalue weighted by molar-refractivity contribution is 6.17. The number of hydrogen-bond acceptors (Lipinski definition) is 2. The highest BCUT2D eigenvalue weighted by Gasteiger charge is 2.17. The van der Waals surface area contributed by atoms with Gasteiger partial charge in [-0.3, -0.25) is 4.79 Å². The molecule has 26 heavy (non-hydrogen) atoms. The van der Waals surface area contributed by atoms with Crippen molar-refractivity contribution in [1.82, 2.24) is 9.88 Å². The van der Waals surface area contributed by atoms with Gasteiger partial charge in [-0.25, -0.2) is 0 Å². The summed E-state index contributed by atoms with van der Waals surface area (Å²) in [5.74, 6) is 1.25. The van der Waals surface area contributed by atoms with Crippen LogP contribution < -0.4 is 10.1 Å². The Kier molecular flexibility index (Phi) is 5.84. The zero-order valence-corrected chi connectivity index (χ0v) is 15.8. The van der Waals surface area contributed by atoms with Gasteiger partial charge in [0.05, 0.1) is 18.2 Å². The zero-order valence-electron chi connectivity index (χ0n) is 15.1. The molecule has 0 aliphatic carbocycles. The molecular weight excluding hydrogens is 348 g/mol. The smallest absolute Gasteiger partial charge is 0.253 e. The number of nitrogens with one attached hydrogen (secondary N) is 1. The monoisotopic (exact) mass is 370 g/mol. The van der Waals surface area contributed by atoms with Crippen LogP contribution >= 0.6 is 11.6 Å². The molecule has 1 heterocycles. The number of carbonyl (C=O) groups is 1. The van der Waals surface area contributed by atoms with E-state index in [-0.39, 0.29) is 5.91 Å². The first-order valence-corrected chi connectivity index (χ1v) is 9.23. The van der Waals surface area contributed by atoms with Gasteiger partial charge in [-0.1, -0.05) is 36.4 Å². The van der Waals surface area contributed by atoms with Crippen molar-refractivity contribution in [2.75, 3.05) is 13.0 Å². The second kappa shape index (κ2) is 8.28. The fourth-order valence-corrected chi connectivity index (χ4v) is 3.28. The second-order valence-corrected chi connectivity index (χ2v) is 6.62. The minimum atomic E-state index is -0.0869. The van der Waals surface area contributed by atoms with Gasteiger partial charge >= 0.3 is 0 Å². The summed E-state index contributed by atoms with van der Waals surface area (Å²) in [4.78, 5) is 12.8. The summed E-state index contributed by atoms with van der Waals surface area (Å²) >= 11 is 5.85. The van der Waals surface area contributed by atoms with Crippen molar-refractivity contribution in [2.24, 2.45) is 0 Å². The molecule has 0 radical (unpaired) electrons. The predicted octanol–water partition coefficient (Wildman–Crippen LogP) is 4.52. The van der Waals surface area contributed by atoms with E-state index in [4.69, 9.17) is 16.3 Å². The molecule has 0 aliphatic rings.